The third-order valence-electron chi connectivity index (χ3n) is 2.93. The molecule has 2 rings (SSSR count). The van der Waals surface area contributed by atoms with Crippen molar-refractivity contribution in [3.05, 3.63) is 54.4 Å². The molecule has 2 aromatic rings. The molecule has 0 aliphatic rings. The van der Waals surface area contributed by atoms with E-state index in [1.807, 2.05) is 42.7 Å². The average Bonchev–Trinajstić information content (AvgIpc) is 2.53. The van der Waals surface area contributed by atoms with Crippen molar-refractivity contribution >= 4 is 23.5 Å². The lowest BCUT2D eigenvalue weighted by Gasteiger charge is -2.07. The van der Waals surface area contributed by atoms with Crippen LogP contribution in [0.1, 0.15) is 12.0 Å². The minimum absolute atomic E-state index is 0.400. The van der Waals surface area contributed by atoms with Crippen LogP contribution in [0.25, 0.3) is 0 Å². The number of aryl methyl sites for hydroxylation is 1. The third-order valence-corrected chi connectivity index (χ3v) is 3.67. The van der Waals surface area contributed by atoms with Crippen LogP contribution in [0.4, 0.5) is 10.5 Å². The number of hydrogen-bond donors (Lipinski definition) is 1. The van der Waals surface area contributed by atoms with Gasteiger partial charge >= 0.3 is 6.09 Å². The number of hydrogen-bond acceptors (Lipinski definition) is 4. The molecule has 0 saturated carbocycles. The number of thioether (sulfide) groups is 1. The number of nitrogens with one attached hydrogen (secondary N) is 1. The Hall–Kier alpha value is -2.01. The zero-order valence-corrected chi connectivity index (χ0v) is 12.7. The molecule has 1 aromatic heterocycles. The van der Waals surface area contributed by atoms with Crippen molar-refractivity contribution in [1.29, 1.82) is 0 Å². The molecule has 0 radical (unpaired) electrons. The zero-order chi connectivity index (χ0) is 14.9. The topological polar surface area (TPSA) is 51.2 Å². The lowest BCUT2D eigenvalue weighted by molar-refractivity contribution is 0.160. The molecule has 1 amide bonds. The quantitative estimate of drug-likeness (QED) is 0.647. The van der Waals surface area contributed by atoms with Gasteiger partial charge in [-0.25, -0.2) is 4.79 Å². The van der Waals surface area contributed by atoms with Crippen molar-refractivity contribution in [3.63, 3.8) is 0 Å². The Kier molecular flexibility index (Phi) is 6.09. The largest absolute Gasteiger partial charge is 0.449 e. The molecule has 21 heavy (non-hydrogen) atoms. The van der Waals surface area contributed by atoms with Gasteiger partial charge < -0.3 is 4.74 Å². The predicted octanol–water partition coefficient (Wildman–Crippen LogP) is 3.98. The summed E-state index contributed by atoms with van der Waals surface area (Å²) in [7, 11) is 0. The molecule has 110 valence electrons. The Balaban J connectivity index is 1.67. The van der Waals surface area contributed by atoms with Crippen molar-refractivity contribution in [2.24, 2.45) is 0 Å². The highest BCUT2D eigenvalue weighted by Gasteiger charge is 2.03. The van der Waals surface area contributed by atoms with Crippen molar-refractivity contribution < 1.29 is 9.53 Å². The molecule has 0 aliphatic carbocycles. The van der Waals surface area contributed by atoms with Crippen LogP contribution in [0.15, 0.2) is 53.7 Å². The van der Waals surface area contributed by atoms with Gasteiger partial charge in [-0.1, -0.05) is 0 Å². The molecule has 0 saturated heterocycles. The summed E-state index contributed by atoms with van der Waals surface area (Å²) in [4.78, 5) is 16.8. The standard InChI is InChI=1S/C16H18N2O2S/c1-21-15-6-4-14(5-7-15)18-16(19)20-12-2-3-13-8-10-17-11-9-13/h4-11H,2-3,12H2,1H3,(H,18,19). The number of nitrogens with zero attached hydrogens (tertiary/aromatic N) is 1. The maximum absolute atomic E-state index is 11.6. The SMILES string of the molecule is CSc1ccc(NC(=O)OCCCc2ccncc2)cc1. The van der Waals surface area contributed by atoms with E-state index in [0.717, 1.165) is 23.4 Å². The van der Waals surface area contributed by atoms with Crippen LogP contribution in [-0.4, -0.2) is 23.9 Å². The second-order valence-corrected chi connectivity index (χ2v) is 5.33. The molecule has 1 aromatic carbocycles. The molecule has 0 bridgehead atoms. The first-order valence-corrected chi connectivity index (χ1v) is 7.97. The normalized spacial score (nSPS) is 10.1. The highest BCUT2D eigenvalue weighted by molar-refractivity contribution is 7.98. The van der Waals surface area contributed by atoms with Crippen LogP contribution in [0.2, 0.25) is 0 Å². The van der Waals surface area contributed by atoms with Crippen LogP contribution >= 0.6 is 11.8 Å². The first-order chi connectivity index (χ1) is 10.3. The van der Waals surface area contributed by atoms with E-state index in [-0.39, 0.29) is 0 Å². The third kappa shape index (κ3) is 5.47. The number of pyridine rings is 1. The minimum Gasteiger partial charge on any atom is -0.449 e. The zero-order valence-electron chi connectivity index (χ0n) is 11.9. The Morgan fingerprint density at radius 3 is 2.57 bits per heavy atom. The van der Waals surface area contributed by atoms with Crippen molar-refractivity contribution in [1.82, 2.24) is 4.98 Å². The highest BCUT2D eigenvalue weighted by atomic mass is 32.2. The summed E-state index contributed by atoms with van der Waals surface area (Å²) >= 11 is 1.66. The van der Waals surface area contributed by atoms with Gasteiger partial charge in [0, 0.05) is 23.0 Å². The second kappa shape index (κ2) is 8.32. The summed E-state index contributed by atoms with van der Waals surface area (Å²) in [6, 6.07) is 11.6. The molecule has 0 fully saturated rings. The maximum Gasteiger partial charge on any atom is 0.411 e. The summed E-state index contributed by atoms with van der Waals surface area (Å²) in [5.74, 6) is 0. The van der Waals surface area contributed by atoms with Gasteiger partial charge in [0.25, 0.3) is 0 Å². The Morgan fingerprint density at radius 2 is 1.90 bits per heavy atom. The fraction of sp³-hybridized carbons (Fsp3) is 0.250. The monoisotopic (exact) mass is 302 g/mol. The van der Waals surface area contributed by atoms with E-state index >= 15 is 0 Å². The number of anilines is 1. The van der Waals surface area contributed by atoms with E-state index < -0.39 is 6.09 Å². The fourth-order valence-corrected chi connectivity index (χ4v) is 2.23. The van der Waals surface area contributed by atoms with Crippen molar-refractivity contribution in [2.45, 2.75) is 17.7 Å². The maximum atomic E-state index is 11.6. The van der Waals surface area contributed by atoms with Crippen LogP contribution in [-0.2, 0) is 11.2 Å². The van der Waals surface area contributed by atoms with E-state index in [1.54, 1.807) is 24.2 Å². The predicted molar refractivity (Wildman–Crippen MR) is 85.8 cm³/mol. The van der Waals surface area contributed by atoms with Gasteiger partial charge in [-0.2, -0.15) is 0 Å². The highest BCUT2D eigenvalue weighted by Crippen LogP contribution is 2.17. The first kappa shape index (κ1) is 15.4. The smallest absolute Gasteiger partial charge is 0.411 e. The van der Waals surface area contributed by atoms with Gasteiger partial charge in [0.05, 0.1) is 6.61 Å². The van der Waals surface area contributed by atoms with E-state index in [1.165, 1.54) is 5.56 Å². The number of benzene rings is 1. The van der Waals surface area contributed by atoms with Gasteiger partial charge in [-0.05, 0) is 61.1 Å². The number of carbonyl (C=O) groups is 1. The number of aromatic nitrogens is 1. The molecule has 1 heterocycles. The van der Waals surface area contributed by atoms with Gasteiger partial charge in [-0.15, -0.1) is 11.8 Å². The van der Waals surface area contributed by atoms with Gasteiger partial charge in [-0.3, -0.25) is 10.3 Å². The molecule has 4 nitrogen and oxygen atoms in total. The minimum atomic E-state index is -0.415. The number of carbonyl (C=O) groups excluding carboxylic acids is 1. The number of amides is 1. The molecular weight excluding hydrogens is 284 g/mol. The van der Waals surface area contributed by atoms with Crippen molar-refractivity contribution in [2.75, 3.05) is 18.2 Å². The lowest BCUT2D eigenvalue weighted by Crippen LogP contribution is -2.14. The van der Waals surface area contributed by atoms with Gasteiger partial charge in [0.2, 0.25) is 0 Å². The first-order valence-electron chi connectivity index (χ1n) is 6.74. The van der Waals surface area contributed by atoms with Crippen LogP contribution in [0.5, 0.6) is 0 Å². The molecule has 0 atom stereocenters. The summed E-state index contributed by atoms with van der Waals surface area (Å²) in [5.41, 5.74) is 1.94. The second-order valence-electron chi connectivity index (χ2n) is 4.45. The molecule has 1 N–H and O–H groups in total. The summed E-state index contributed by atoms with van der Waals surface area (Å²) in [6.07, 6.45) is 6.80. The Morgan fingerprint density at radius 1 is 1.19 bits per heavy atom. The van der Waals surface area contributed by atoms with Crippen LogP contribution in [0, 0.1) is 0 Å². The van der Waals surface area contributed by atoms with Gasteiger partial charge in [0.15, 0.2) is 0 Å². The summed E-state index contributed by atoms with van der Waals surface area (Å²) in [6.45, 7) is 0.400. The summed E-state index contributed by atoms with van der Waals surface area (Å²) in [5, 5.41) is 2.71. The van der Waals surface area contributed by atoms with E-state index in [9.17, 15) is 4.79 Å². The van der Waals surface area contributed by atoms with Crippen molar-refractivity contribution in [3.8, 4) is 0 Å². The van der Waals surface area contributed by atoms with Crippen LogP contribution < -0.4 is 5.32 Å². The lowest BCUT2D eigenvalue weighted by atomic mass is 10.1. The molecule has 5 heteroatoms. The average molecular weight is 302 g/mol. The summed E-state index contributed by atoms with van der Waals surface area (Å²) < 4.78 is 5.15. The van der Waals surface area contributed by atoms with Crippen LogP contribution in [0.3, 0.4) is 0 Å². The van der Waals surface area contributed by atoms with E-state index in [0.29, 0.717) is 6.61 Å². The van der Waals surface area contributed by atoms with E-state index in [4.69, 9.17) is 4.74 Å². The molecule has 0 spiro atoms. The number of ether oxygens (including phenoxy) is 1. The molecule has 0 unspecified atom stereocenters. The fourth-order valence-electron chi connectivity index (χ4n) is 1.82. The molecular formula is C16H18N2O2S. The Labute approximate surface area is 128 Å². The van der Waals surface area contributed by atoms with E-state index in [2.05, 4.69) is 10.3 Å². The molecule has 0 aliphatic heterocycles. The number of rotatable bonds is 6. The Bertz CT molecular complexity index is 558. The van der Waals surface area contributed by atoms with Gasteiger partial charge in [0.1, 0.15) is 0 Å².